The van der Waals surface area contributed by atoms with Crippen molar-refractivity contribution in [2.75, 3.05) is 4.90 Å². The number of anilines is 1. The van der Waals surface area contributed by atoms with E-state index in [-0.39, 0.29) is 17.8 Å². The molecule has 4 rings (SSSR count). The van der Waals surface area contributed by atoms with E-state index in [4.69, 9.17) is 0 Å². The second-order valence-corrected chi connectivity index (χ2v) is 7.13. The van der Waals surface area contributed by atoms with Crippen LogP contribution in [0.25, 0.3) is 0 Å². The molecule has 0 saturated carbocycles. The molecular formula is C23H18N2O5. The minimum Gasteiger partial charge on any atom is -0.375 e. The third-order valence-corrected chi connectivity index (χ3v) is 5.24. The Bertz CT molecular complexity index is 1150. The van der Waals surface area contributed by atoms with Crippen LogP contribution in [0.2, 0.25) is 0 Å². The number of nitrogens with zero attached hydrogens (tertiary/aromatic N) is 2. The monoisotopic (exact) mass is 402 g/mol. The molecule has 0 fully saturated rings. The first-order chi connectivity index (χ1) is 14.4. The van der Waals surface area contributed by atoms with Crippen molar-refractivity contribution >= 4 is 23.1 Å². The summed E-state index contributed by atoms with van der Waals surface area (Å²) in [6, 6.07) is 21.6. The van der Waals surface area contributed by atoms with E-state index in [0.29, 0.717) is 11.3 Å². The summed E-state index contributed by atoms with van der Waals surface area (Å²) >= 11 is 0. The smallest absolute Gasteiger partial charge is 0.280 e. The van der Waals surface area contributed by atoms with Gasteiger partial charge in [-0.05, 0) is 17.7 Å². The van der Waals surface area contributed by atoms with Gasteiger partial charge in [-0.3, -0.25) is 19.7 Å². The van der Waals surface area contributed by atoms with Gasteiger partial charge in [0.25, 0.3) is 11.6 Å². The number of nitro benzene ring substituents is 1. The Morgan fingerprint density at radius 3 is 2.33 bits per heavy atom. The van der Waals surface area contributed by atoms with Crippen LogP contribution in [0, 0.1) is 10.1 Å². The average molecular weight is 402 g/mol. The van der Waals surface area contributed by atoms with Crippen LogP contribution in [0.5, 0.6) is 0 Å². The molecule has 1 amide bonds. The fourth-order valence-electron chi connectivity index (χ4n) is 3.80. The lowest BCUT2D eigenvalue weighted by Gasteiger charge is -2.23. The van der Waals surface area contributed by atoms with Crippen molar-refractivity contribution in [2.24, 2.45) is 0 Å². The Balaban J connectivity index is 1.70. The minimum atomic E-state index is -2.09. The fraction of sp³-hybridized carbons (Fsp3) is 0.130. The number of aliphatic hydroxyl groups is 1. The summed E-state index contributed by atoms with van der Waals surface area (Å²) < 4.78 is 0. The molecule has 0 saturated heterocycles. The Morgan fingerprint density at radius 1 is 0.967 bits per heavy atom. The zero-order valence-electron chi connectivity index (χ0n) is 15.9. The summed E-state index contributed by atoms with van der Waals surface area (Å²) in [4.78, 5) is 38.2. The molecule has 0 aliphatic carbocycles. The number of carbonyl (C=O) groups excluding carboxylic acids is 2. The van der Waals surface area contributed by atoms with Crippen LogP contribution in [0.4, 0.5) is 11.4 Å². The number of amides is 1. The molecule has 0 radical (unpaired) electrons. The van der Waals surface area contributed by atoms with Crippen LogP contribution < -0.4 is 4.90 Å². The molecule has 1 atom stereocenters. The fourth-order valence-corrected chi connectivity index (χ4v) is 3.80. The van der Waals surface area contributed by atoms with Crippen molar-refractivity contribution in [1.29, 1.82) is 0 Å². The molecule has 0 spiro atoms. The van der Waals surface area contributed by atoms with Gasteiger partial charge in [0, 0.05) is 11.6 Å². The zero-order chi connectivity index (χ0) is 21.3. The highest BCUT2D eigenvalue weighted by Gasteiger charge is 2.51. The molecule has 3 aromatic carbocycles. The first kappa shape index (κ1) is 19.5. The van der Waals surface area contributed by atoms with Gasteiger partial charge in [0.2, 0.25) is 0 Å². The number of benzene rings is 3. The normalized spacial score (nSPS) is 17.6. The molecule has 3 aromatic rings. The van der Waals surface area contributed by atoms with Crippen LogP contribution >= 0.6 is 0 Å². The van der Waals surface area contributed by atoms with Crippen molar-refractivity contribution in [1.82, 2.24) is 0 Å². The number of ketones is 1. The second-order valence-electron chi connectivity index (χ2n) is 7.13. The largest absolute Gasteiger partial charge is 0.375 e. The maximum atomic E-state index is 13.3. The summed E-state index contributed by atoms with van der Waals surface area (Å²) in [5.74, 6) is -1.30. The van der Waals surface area contributed by atoms with Crippen molar-refractivity contribution in [3.8, 4) is 0 Å². The topological polar surface area (TPSA) is 101 Å². The van der Waals surface area contributed by atoms with Gasteiger partial charge in [-0.25, -0.2) is 0 Å². The van der Waals surface area contributed by atoms with Gasteiger partial charge < -0.3 is 10.0 Å². The predicted octanol–water partition coefficient (Wildman–Crippen LogP) is 3.60. The van der Waals surface area contributed by atoms with Crippen LogP contribution in [-0.2, 0) is 16.9 Å². The highest BCUT2D eigenvalue weighted by molar-refractivity contribution is 6.11. The van der Waals surface area contributed by atoms with Crippen molar-refractivity contribution < 1.29 is 19.6 Å². The molecule has 150 valence electrons. The van der Waals surface area contributed by atoms with Gasteiger partial charge in [-0.15, -0.1) is 0 Å². The van der Waals surface area contributed by atoms with E-state index in [9.17, 15) is 24.8 Å². The van der Waals surface area contributed by atoms with Gasteiger partial charge in [0.05, 0.1) is 29.1 Å². The molecule has 1 aliphatic heterocycles. The first-order valence-electron chi connectivity index (χ1n) is 9.36. The second kappa shape index (κ2) is 7.53. The Morgan fingerprint density at radius 2 is 1.60 bits per heavy atom. The van der Waals surface area contributed by atoms with E-state index >= 15 is 0 Å². The van der Waals surface area contributed by atoms with Crippen LogP contribution in [0.1, 0.15) is 27.9 Å². The van der Waals surface area contributed by atoms with E-state index in [1.165, 1.54) is 29.2 Å². The summed E-state index contributed by atoms with van der Waals surface area (Å²) in [5.41, 5.74) is -0.877. The number of fused-ring (bicyclic) bond motifs is 1. The lowest BCUT2D eigenvalue weighted by Crippen LogP contribution is -2.41. The van der Waals surface area contributed by atoms with Crippen molar-refractivity contribution in [3.05, 3.63) is 106 Å². The highest BCUT2D eigenvalue weighted by Crippen LogP contribution is 2.43. The van der Waals surface area contributed by atoms with Gasteiger partial charge in [0.15, 0.2) is 11.4 Å². The van der Waals surface area contributed by atoms with E-state index in [0.717, 1.165) is 5.56 Å². The molecule has 30 heavy (non-hydrogen) atoms. The van der Waals surface area contributed by atoms with E-state index in [1.807, 2.05) is 30.3 Å². The summed E-state index contributed by atoms with van der Waals surface area (Å²) in [6.45, 7) is 0.235. The molecule has 0 unspecified atom stereocenters. The van der Waals surface area contributed by atoms with Crippen molar-refractivity contribution in [3.63, 3.8) is 0 Å². The summed E-state index contributed by atoms with van der Waals surface area (Å²) in [7, 11) is 0. The lowest BCUT2D eigenvalue weighted by molar-refractivity contribution is -0.385. The van der Waals surface area contributed by atoms with E-state index < -0.39 is 28.6 Å². The number of hydrogen-bond donors (Lipinski definition) is 1. The highest BCUT2D eigenvalue weighted by atomic mass is 16.6. The third-order valence-electron chi connectivity index (χ3n) is 5.24. The molecule has 1 heterocycles. The van der Waals surface area contributed by atoms with Crippen molar-refractivity contribution in [2.45, 2.75) is 18.6 Å². The zero-order valence-corrected chi connectivity index (χ0v) is 15.9. The molecule has 0 aromatic heterocycles. The number of carbonyl (C=O) groups is 2. The standard InChI is InChI=1S/C23H18N2O5/c26-21(17-10-4-6-12-19(17)25(29)30)14-23(28)18-11-5-7-13-20(18)24(22(23)27)15-16-8-2-1-3-9-16/h1-13,28H,14-15H2/t23-/m0/s1. The molecule has 1 aliphatic rings. The Kier molecular flexibility index (Phi) is 4.89. The van der Waals surface area contributed by atoms with Gasteiger partial charge in [-0.1, -0.05) is 60.7 Å². The summed E-state index contributed by atoms with van der Waals surface area (Å²) in [6.07, 6.45) is -0.584. The van der Waals surface area contributed by atoms with Crippen LogP contribution in [0.15, 0.2) is 78.9 Å². The average Bonchev–Trinajstić information content (AvgIpc) is 2.96. The number of rotatable bonds is 6. The quantitative estimate of drug-likeness (QED) is 0.386. The summed E-state index contributed by atoms with van der Waals surface area (Å²) in [5, 5.41) is 22.6. The minimum absolute atomic E-state index is 0.136. The van der Waals surface area contributed by atoms with Gasteiger partial charge in [-0.2, -0.15) is 0 Å². The number of para-hydroxylation sites is 2. The maximum absolute atomic E-state index is 13.3. The Labute approximate surface area is 172 Å². The molecular weight excluding hydrogens is 384 g/mol. The molecule has 1 N–H and O–H groups in total. The predicted molar refractivity (Wildman–Crippen MR) is 110 cm³/mol. The molecule has 7 heteroatoms. The number of Topliss-reactive ketones (excluding diaryl/α,β-unsaturated/α-hetero) is 1. The first-order valence-corrected chi connectivity index (χ1v) is 9.36. The number of nitro groups is 1. The van der Waals surface area contributed by atoms with Gasteiger partial charge >= 0.3 is 0 Å². The maximum Gasteiger partial charge on any atom is 0.280 e. The molecule has 0 bridgehead atoms. The SMILES string of the molecule is O=C(C[C@@]1(O)C(=O)N(Cc2ccccc2)c2ccccc21)c1ccccc1[N+](=O)[O-]. The van der Waals surface area contributed by atoms with Crippen LogP contribution in [0.3, 0.4) is 0 Å². The van der Waals surface area contributed by atoms with E-state index in [1.54, 1.807) is 24.3 Å². The molecule has 7 nitrogen and oxygen atoms in total. The number of hydrogen-bond acceptors (Lipinski definition) is 5. The van der Waals surface area contributed by atoms with E-state index in [2.05, 4.69) is 0 Å². The third kappa shape index (κ3) is 3.25. The van der Waals surface area contributed by atoms with Gasteiger partial charge in [0.1, 0.15) is 0 Å². The van der Waals surface area contributed by atoms with Crippen LogP contribution in [-0.4, -0.2) is 21.7 Å². The lowest BCUT2D eigenvalue weighted by atomic mass is 9.88. The Hall–Kier alpha value is -3.84.